The molecule has 1 heterocycles. The summed E-state index contributed by atoms with van der Waals surface area (Å²) in [6, 6.07) is 16.6. The van der Waals surface area contributed by atoms with Crippen LogP contribution in [0.2, 0.25) is 0 Å². The van der Waals surface area contributed by atoms with Crippen molar-refractivity contribution < 1.29 is 10.2 Å². The van der Waals surface area contributed by atoms with Gasteiger partial charge in [-0.15, -0.1) is 0 Å². The molecule has 0 amide bonds. The summed E-state index contributed by atoms with van der Waals surface area (Å²) in [5, 5.41) is 22.8. The molecule has 1 unspecified atom stereocenters. The number of benzene rings is 2. The Morgan fingerprint density at radius 1 is 1.05 bits per heavy atom. The third-order valence-corrected chi connectivity index (χ3v) is 5.26. The van der Waals surface area contributed by atoms with Crippen LogP contribution in [0.1, 0.15) is 15.7 Å². The predicted molar refractivity (Wildman–Crippen MR) is 80.8 cm³/mol. The molecule has 0 spiro atoms. The Kier molecular flexibility index (Phi) is 3.79. The van der Waals surface area contributed by atoms with Crippen molar-refractivity contribution in [2.24, 2.45) is 0 Å². The first-order valence-electron chi connectivity index (χ1n) is 6.59. The molecule has 0 aliphatic carbocycles. The minimum absolute atomic E-state index is 0.230. The van der Waals surface area contributed by atoms with Crippen molar-refractivity contribution in [3.05, 3.63) is 75.2 Å². The van der Waals surface area contributed by atoms with Gasteiger partial charge in [-0.05, 0) is 0 Å². The molecule has 0 saturated heterocycles. The number of hydrogen-bond acceptors (Lipinski definition) is 3. The third kappa shape index (κ3) is 2.85. The SMILES string of the molecule is Cc1ccc(-c2c[se]c(C([O-])(O)c3ccccc3)n2)cc1. The summed E-state index contributed by atoms with van der Waals surface area (Å²) in [5.41, 5.74) is 3.26. The van der Waals surface area contributed by atoms with Crippen molar-refractivity contribution in [1.29, 1.82) is 0 Å². The second-order valence-corrected chi connectivity index (χ2v) is 6.71. The Hall–Kier alpha value is -1.71. The van der Waals surface area contributed by atoms with Crippen molar-refractivity contribution in [3.8, 4) is 11.3 Å². The Morgan fingerprint density at radius 3 is 2.38 bits per heavy atom. The van der Waals surface area contributed by atoms with E-state index in [0.717, 1.165) is 11.3 Å². The summed E-state index contributed by atoms with van der Waals surface area (Å²) in [7, 11) is 0. The van der Waals surface area contributed by atoms with Crippen LogP contribution in [-0.4, -0.2) is 24.6 Å². The normalized spacial score (nSPS) is 13.9. The van der Waals surface area contributed by atoms with E-state index in [1.165, 1.54) is 5.56 Å². The summed E-state index contributed by atoms with van der Waals surface area (Å²) in [6.07, 6.45) is 0. The molecule has 3 nitrogen and oxygen atoms in total. The van der Waals surface area contributed by atoms with Gasteiger partial charge in [-0.3, -0.25) is 0 Å². The first-order chi connectivity index (χ1) is 10.1. The average Bonchev–Trinajstić information content (AvgIpc) is 2.99. The molecule has 3 rings (SSSR count). The third-order valence-electron chi connectivity index (χ3n) is 3.31. The number of aryl methyl sites for hydroxylation is 1. The fraction of sp³-hybridized carbons (Fsp3) is 0.118. The van der Waals surface area contributed by atoms with Crippen molar-refractivity contribution in [3.63, 3.8) is 0 Å². The van der Waals surface area contributed by atoms with Crippen molar-refractivity contribution in [2.75, 3.05) is 0 Å². The fourth-order valence-corrected chi connectivity index (χ4v) is 3.84. The quantitative estimate of drug-likeness (QED) is 0.581. The van der Waals surface area contributed by atoms with Gasteiger partial charge in [-0.2, -0.15) is 0 Å². The van der Waals surface area contributed by atoms with E-state index in [9.17, 15) is 10.2 Å². The van der Waals surface area contributed by atoms with Crippen LogP contribution < -0.4 is 5.11 Å². The zero-order valence-electron chi connectivity index (χ0n) is 11.5. The van der Waals surface area contributed by atoms with E-state index in [1.807, 2.05) is 42.2 Å². The van der Waals surface area contributed by atoms with E-state index < -0.39 is 5.79 Å². The van der Waals surface area contributed by atoms with Crippen LogP contribution >= 0.6 is 0 Å². The van der Waals surface area contributed by atoms with Crippen LogP contribution in [0.4, 0.5) is 0 Å². The van der Waals surface area contributed by atoms with E-state index in [1.54, 1.807) is 24.3 Å². The molecule has 0 aliphatic rings. The minimum atomic E-state index is -2.25. The molecule has 0 bridgehead atoms. The first kappa shape index (κ1) is 14.2. The fourth-order valence-electron chi connectivity index (χ4n) is 2.07. The summed E-state index contributed by atoms with van der Waals surface area (Å²) in [4.78, 5) is 6.32. The van der Waals surface area contributed by atoms with Gasteiger partial charge >= 0.3 is 129 Å². The van der Waals surface area contributed by atoms with Crippen LogP contribution in [0.15, 0.2) is 59.5 Å². The summed E-state index contributed by atoms with van der Waals surface area (Å²) in [5.74, 6) is -2.25. The van der Waals surface area contributed by atoms with Crippen LogP contribution in [0, 0.1) is 6.92 Å². The Bertz CT molecular complexity index is 733. The molecule has 4 heteroatoms. The van der Waals surface area contributed by atoms with E-state index in [2.05, 4.69) is 4.98 Å². The molecule has 1 aromatic heterocycles. The monoisotopic (exact) mass is 344 g/mol. The van der Waals surface area contributed by atoms with E-state index in [0.29, 0.717) is 10.1 Å². The zero-order valence-corrected chi connectivity index (χ0v) is 13.2. The Morgan fingerprint density at radius 2 is 1.71 bits per heavy atom. The molecule has 106 valence electrons. The molecular formula is C17H14NO2Se-. The predicted octanol–water partition coefficient (Wildman–Crippen LogP) is 1.67. The van der Waals surface area contributed by atoms with Gasteiger partial charge in [0.1, 0.15) is 0 Å². The summed E-state index contributed by atoms with van der Waals surface area (Å²) < 4.78 is 0.303. The van der Waals surface area contributed by atoms with Gasteiger partial charge in [-0.1, -0.05) is 0 Å². The van der Waals surface area contributed by atoms with E-state index in [-0.39, 0.29) is 14.5 Å². The molecule has 0 radical (unpaired) electrons. The molecule has 0 saturated carbocycles. The number of aliphatic hydroxyl groups is 1. The van der Waals surface area contributed by atoms with Gasteiger partial charge in [0.15, 0.2) is 0 Å². The van der Waals surface area contributed by atoms with Gasteiger partial charge < -0.3 is 0 Å². The Labute approximate surface area is 129 Å². The molecule has 2 aromatic carbocycles. The van der Waals surface area contributed by atoms with Gasteiger partial charge in [-0.25, -0.2) is 0 Å². The standard InChI is InChI=1S/C17H14NO2Se/c1-12-7-9-13(10-8-12)15-11-21-16(18-15)17(19,20)14-5-3-2-4-6-14/h2-11,19H,1H3/q-1. The summed E-state index contributed by atoms with van der Waals surface area (Å²) >= 11 is -0.230. The van der Waals surface area contributed by atoms with Crippen LogP contribution in [0.3, 0.4) is 0 Å². The molecule has 0 aliphatic heterocycles. The molecule has 1 N–H and O–H groups in total. The van der Waals surface area contributed by atoms with Crippen molar-refractivity contribution in [2.45, 2.75) is 12.7 Å². The van der Waals surface area contributed by atoms with Crippen LogP contribution in [-0.2, 0) is 5.79 Å². The number of aromatic nitrogens is 1. The molecule has 3 aromatic rings. The maximum absolute atomic E-state index is 12.5. The number of rotatable bonds is 3. The van der Waals surface area contributed by atoms with Gasteiger partial charge in [0.2, 0.25) is 0 Å². The van der Waals surface area contributed by atoms with Crippen LogP contribution in [0.5, 0.6) is 0 Å². The number of hydrogen-bond donors (Lipinski definition) is 1. The second-order valence-electron chi connectivity index (χ2n) is 4.91. The molecule has 1 atom stereocenters. The van der Waals surface area contributed by atoms with Gasteiger partial charge in [0.05, 0.1) is 0 Å². The van der Waals surface area contributed by atoms with Crippen LogP contribution in [0.25, 0.3) is 11.3 Å². The van der Waals surface area contributed by atoms with Crippen molar-refractivity contribution >= 4 is 14.5 Å². The topological polar surface area (TPSA) is 56.2 Å². The second kappa shape index (κ2) is 5.58. The average molecular weight is 343 g/mol. The zero-order chi connectivity index (χ0) is 14.9. The van der Waals surface area contributed by atoms with E-state index >= 15 is 0 Å². The maximum atomic E-state index is 12.5. The van der Waals surface area contributed by atoms with Crippen molar-refractivity contribution in [1.82, 2.24) is 4.98 Å². The molecule has 0 fully saturated rings. The van der Waals surface area contributed by atoms with E-state index in [4.69, 9.17) is 0 Å². The molecular weight excluding hydrogens is 329 g/mol. The Balaban J connectivity index is 1.96. The number of nitrogens with zero attached hydrogens (tertiary/aromatic N) is 1. The molecule has 21 heavy (non-hydrogen) atoms. The summed E-state index contributed by atoms with van der Waals surface area (Å²) in [6.45, 7) is 2.03. The first-order valence-corrected chi connectivity index (χ1v) is 8.43. The van der Waals surface area contributed by atoms with Gasteiger partial charge in [0.25, 0.3) is 0 Å². The van der Waals surface area contributed by atoms with Gasteiger partial charge in [0, 0.05) is 0 Å².